The van der Waals surface area contributed by atoms with E-state index in [1.54, 1.807) is 36.4 Å². The van der Waals surface area contributed by atoms with Gasteiger partial charge in [-0.15, -0.1) is 0 Å². The second-order valence-electron chi connectivity index (χ2n) is 6.25. The molecule has 0 spiro atoms. The highest BCUT2D eigenvalue weighted by atomic mass is 35.5. The Morgan fingerprint density at radius 2 is 1.93 bits per heavy atom. The molecule has 3 N–H and O–H groups in total. The molecule has 1 unspecified atom stereocenters. The van der Waals surface area contributed by atoms with Crippen LogP contribution in [0.2, 0.25) is 5.02 Å². The summed E-state index contributed by atoms with van der Waals surface area (Å²) in [5.41, 5.74) is 2.74. The smallest absolute Gasteiger partial charge is 0.256 e. The molecule has 4 rings (SSSR count). The van der Waals surface area contributed by atoms with E-state index < -0.39 is 10.0 Å². The standard InChI is InChI=1S/C19H15ClN2O4S/c20-12-3-7-17-15(9-12)16(19(23)22-17)10-13-4-8-18(26-13)11-1-5-14(6-2-11)27(21,24)25/h1-3,5-10,13H,4H2,(H,22,23)(H2,21,24,25)/b16-10+. The second kappa shape index (κ2) is 6.53. The first-order valence-electron chi connectivity index (χ1n) is 8.14. The van der Waals surface area contributed by atoms with Gasteiger partial charge in [-0.05, 0) is 54.6 Å². The van der Waals surface area contributed by atoms with Gasteiger partial charge in [0.05, 0.1) is 4.90 Å². The lowest BCUT2D eigenvalue weighted by Crippen LogP contribution is -2.12. The fourth-order valence-corrected chi connectivity index (χ4v) is 3.78. The highest BCUT2D eigenvalue weighted by Gasteiger charge is 2.27. The second-order valence-corrected chi connectivity index (χ2v) is 8.25. The number of hydrogen-bond donors (Lipinski definition) is 2. The molecular weight excluding hydrogens is 388 g/mol. The number of anilines is 1. The van der Waals surface area contributed by atoms with Crippen LogP contribution in [0.1, 0.15) is 17.5 Å². The molecular formula is C19H15ClN2O4S. The first kappa shape index (κ1) is 17.8. The van der Waals surface area contributed by atoms with Crippen molar-refractivity contribution in [3.8, 4) is 0 Å². The maximum absolute atomic E-state index is 12.2. The van der Waals surface area contributed by atoms with Crippen LogP contribution in [0.5, 0.6) is 0 Å². The summed E-state index contributed by atoms with van der Waals surface area (Å²) >= 11 is 6.04. The van der Waals surface area contributed by atoms with Crippen LogP contribution in [-0.4, -0.2) is 20.4 Å². The van der Waals surface area contributed by atoms with Gasteiger partial charge in [0.25, 0.3) is 5.91 Å². The Hall–Kier alpha value is -2.61. The molecule has 0 aromatic heterocycles. The van der Waals surface area contributed by atoms with Crippen molar-refractivity contribution in [3.05, 3.63) is 70.8 Å². The number of benzene rings is 2. The van der Waals surface area contributed by atoms with Crippen LogP contribution in [-0.2, 0) is 19.6 Å². The van der Waals surface area contributed by atoms with E-state index in [9.17, 15) is 13.2 Å². The van der Waals surface area contributed by atoms with E-state index in [4.69, 9.17) is 21.5 Å². The number of halogens is 1. The molecule has 0 radical (unpaired) electrons. The zero-order valence-corrected chi connectivity index (χ0v) is 15.5. The van der Waals surface area contributed by atoms with Gasteiger partial charge in [0, 0.05) is 33.8 Å². The molecule has 2 aliphatic heterocycles. The Balaban J connectivity index is 1.54. The van der Waals surface area contributed by atoms with Gasteiger partial charge in [-0.1, -0.05) is 11.6 Å². The molecule has 8 heteroatoms. The maximum Gasteiger partial charge on any atom is 0.256 e. The van der Waals surface area contributed by atoms with Gasteiger partial charge in [0.2, 0.25) is 10.0 Å². The molecule has 0 saturated carbocycles. The van der Waals surface area contributed by atoms with Gasteiger partial charge in [-0.25, -0.2) is 13.6 Å². The molecule has 2 heterocycles. The van der Waals surface area contributed by atoms with Gasteiger partial charge in [0.1, 0.15) is 11.9 Å². The lowest BCUT2D eigenvalue weighted by atomic mass is 10.0. The maximum atomic E-state index is 12.2. The fraction of sp³-hybridized carbons (Fsp3) is 0.105. The zero-order valence-electron chi connectivity index (χ0n) is 14.0. The summed E-state index contributed by atoms with van der Waals surface area (Å²) in [5, 5.41) is 8.47. The highest BCUT2D eigenvalue weighted by Crippen LogP contribution is 2.36. The molecule has 1 amide bonds. The number of carbonyl (C=O) groups is 1. The predicted octanol–water partition coefficient (Wildman–Crippen LogP) is 3.15. The first-order valence-corrected chi connectivity index (χ1v) is 10.1. The van der Waals surface area contributed by atoms with Gasteiger partial charge < -0.3 is 10.1 Å². The molecule has 0 bridgehead atoms. The Kier molecular flexibility index (Phi) is 4.30. The molecule has 27 heavy (non-hydrogen) atoms. The molecule has 2 aromatic carbocycles. The van der Waals surface area contributed by atoms with Crippen molar-refractivity contribution < 1.29 is 17.9 Å². The summed E-state index contributed by atoms with van der Waals surface area (Å²) in [7, 11) is -3.73. The summed E-state index contributed by atoms with van der Waals surface area (Å²) in [6.45, 7) is 0. The van der Waals surface area contributed by atoms with Crippen molar-refractivity contribution in [1.29, 1.82) is 0 Å². The lowest BCUT2D eigenvalue weighted by Gasteiger charge is -2.11. The molecule has 0 aliphatic carbocycles. The molecule has 6 nitrogen and oxygen atoms in total. The van der Waals surface area contributed by atoms with Crippen LogP contribution in [0, 0.1) is 0 Å². The predicted molar refractivity (Wildman–Crippen MR) is 103 cm³/mol. The van der Waals surface area contributed by atoms with Gasteiger partial charge in [0.15, 0.2) is 0 Å². The molecule has 2 aromatic rings. The van der Waals surface area contributed by atoms with Crippen molar-refractivity contribution >= 4 is 44.6 Å². The minimum atomic E-state index is -3.73. The third-order valence-corrected chi connectivity index (χ3v) is 5.56. The molecule has 138 valence electrons. The number of hydrogen-bond acceptors (Lipinski definition) is 4. The quantitative estimate of drug-likeness (QED) is 0.770. The summed E-state index contributed by atoms with van der Waals surface area (Å²) < 4.78 is 28.6. The molecule has 2 aliphatic rings. The minimum Gasteiger partial charge on any atom is -0.486 e. The Morgan fingerprint density at radius 1 is 1.19 bits per heavy atom. The third-order valence-electron chi connectivity index (χ3n) is 4.40. The first-order chi connectivity index (χ1) is 12.8. The monoisotopic (exact) mass is 402 g/mol. The number of primary sulfonamides is 1. The SMILES string of the molecule is NS(=O)(=O)c1ccc(C2=CCC(/C=C3/C(=O)Nc4ccc(Cl)cc43)O2)cc1. The summed E-state index contributed by atoms with van der Waals surface area (Å²) in [5.74, 6) is 0.435. The van der Waals surface area contributed by atoms with E-state index in [0.717, 1.165) is 16.8 Å². The van der Waals surface area contributed by atoms with E-state index in [0.29, 0.717) is 22.8 Å². The number of nitrogens with one attached hydrogen (secondary N) is 1. The molecule has 0 saturated heterocycles. The van der Waals surface area contributed by atoms with Crippen LogP contribution in [0.25, 0.3) is 11.3 Å². The van der Waals surface area contributed by atoms with Crippen molar-refractivity contribution in [2.24, 2.45) is 5.14 Å². The Morgan fingerprint density at radius 3 is 2.63 bits per heavy atom. The van der Waals surface area contributed by atoms with Gasteiger partial charge in [-0.3, -0.25) is 4.79 Å². The summed E-state index contributed by atoms with van der Waals surface area (Å²) in [4.78, 5) is 12.3. The average Bonchev–Trinajstić information content (AvgIpc) is 3.20. The van der Waals surface area contributed by atoms with E-state index >= 15 is 0 Å². The number of ether oxygens (including phenoxy) is 1. The Bertz CT molecular complexity index is 1110. The van der Waals surface area contributed by atoms with Crippen LogP contribution < -0.4 is 10.5 Å². The molecule has 0 fully saturated rings. The minimum absolute atomic E-state index is 0.0413. The molecule has 1 atom stereocenters. The van der Waals surface area contributed by atoms with Crippen molar-refractivity contribution in [2.75, 3.05) is 5.32 Å². The average molecular weight is 403 g/mol. The van der Waals surface area contributed by atoms with E-state index in [-0.39, 0.29) is 16.9 Å². The fourth-order valence-electron chi connectivity index (χ4n) is 3.09. The largest absolute Gasteiger partial charge is 0.486 e. The number of carbonyl (C=O) groups excluding carboxylic acids is 1. The van der Waals surface area contributed by atoms with Crippen molar-refractivity contribution in [1.82, 2.24) is 0 Å². The van der Waals surface area contributed by atoms with Crippen molar-refractivity contribution in [3.63, 3.8) is 0 Å². The van der Waals surface area contributed by atoms with E-state index in [1.165, 1.54) is 12.1 Å². The van der Waals surface area contributed by atoms with Gasteiger partial charge >= 0.3 is 0 Å². The summed E-state index contributed by atoms with van der Waals surface area (Å²) in [6, 6.07) is 11.4. The number of fused-ring (bicyclic) bond motifs is 1. The Labute approximate surface area is 161 Å². The normalized spacial score (nSPS) is 20.2. The van der Waals surface area contributed by atoms with Crippen LogP contribution in [0.3, 0.4) is 0 Å². The zero-order chi connectivity index (χ0) is 19.2. The number of rotatable bonds is 3. The number of nitrogens with two attached hydrogens (primary N) is 1. The highest BCUT2D eigenvalue weighted by molar-refractivity contribution is 7.89. The van der Waals surface area contributed by atoms with Crippen LogP contribution in [0.15, 0.2) is 59.5 Å². The van der Waals surface area contributed by atoms with Crippen LogP contribution in [0.4, 0.5) is 5.69 Å². The van der Waals surface area contributed by atoms with E-state index in [2.05, 4.69) is 5.32 Å². The number of amides is 1. The van der Waals surface area contributed by atoms with Gasteiger partial charge in [-0.2, -0.15) is 0 Å². The van der Waals surface area contributed by atoms with Crippen LogP contribution >= 0.6 is 11.6 Å². The van der Waals surface area contributed by atoms with E-state index in [1.807, 2.05) is 6.08 Å². The topological polar surface area (TPSA) is 98.5 Å². The summed E-state index contributed by atoms with van der Waals surface area (Å²) in [6.07, 6.45) is 3.97. The lowest BCUT2D eigenvalue weighted by molar-refractivity contribution is -0.110. The third kappa shape index (κ3) is 3.49. The number of sulfonamides is 1. The van der Waals surface area contributed by atoms with Crippen molar-refractivity contribution in [2.45, 2.75) is 17.4 Å².